The molecule has 2 N–H and O–H groups in total. The van der Waals surface area contributed by atoms with Gasteiger partial charge in [0, 0.05) is 38.5 Å². The van der Waals surface area contributed by atoms with Crippen molar-refractivity contribution in [2.45, 2.75) is 58.1 Å². The zero-order chi connectivity index (χ0) is 15.3. The second kappa shape index (κ2) is 11.7. The monoisotopic (exact) mass is 297 g/mol. The van der Waals surface area contributed by atoms with Crippen LogP contribution in [0.3, 0.4) is 0 Å². The highest BCUT2D eigenvalue weighted by Crippen LogP contribution is 2.05. The van der Waals surface area contributed by atoms with Gasteiger partial charge in [0.05, 0.1) is 18.9 Å². The van der Waals surface area contributed by atoms with Gasteiger partial charge in [0.1, 0.15) is 0 Å². The Labute approximate surface area is 128 Å². The number of unbranched alkanes of at least 4 members (excludes halogenated alkanes) is 5. The Morgan fingerprint density at radius 3 is 2.76 bits per heavy atom. The highest BCUT2D eigenvalue weighted by molar-refractivity contribution is 5.02. The number of aromatic nitrogens is 2. The largest absolute Gasteiger partial charge is 0.389 e. The molecule has 0 aliphatic heterocycles. The summed E-state index contributed by atoms with van der Waals surface area (Å²) in [4.78, 5) is 0. The zero-order valence-electron chi connectivity index (χ0n) is 13.6. The number of aliphatic hydroxyl groups excluding tert-OH is 1. The van der Waals surface area contributed by atoms with E-state index in [2.05, 4.69) is 17.3 Å². The molecule has 0 saturated heterocycles. The minimum absolute atomic E-state index is 0.412. The smallest absolute Gasteiger partial charge is 0.0897 e. The predicted octanol–water partition coefficient (Wildman–Crippen LogP) is 2.25. The molecule has 0 radical (unpaired) electrons. The molecular weight excluding hydrogens is 266 g/mol. The molecule has 0 aliphatic rings. The van der Waals surface area contributed by atoms with Crippen LogP contribution in [-0.4, -0.2) is 40.7 Å². The van der Waals surface area contributed by atoms with Crippen LogP contribution in [0.15, 0.2) is 12.4 Å². The molecule has 0 aliphatic carbocycles. The van der Waals surface area contributed by atoms with Gasteiger partial charge in [0.2, 0.25) is 0 Å². The van der Waals surface area contributed by atoms with E-state index in [9.17, 15) is 5.11 Å². The average molecular weight is 297 g/mol. The molecule has 122 valence electrons. The Hall–Kier alpha value is -0.910. The van der Waals surface area contributed by atoms with E-state index in [0.29, 0.717) is 13.2 Å². The second-order valence-corrected chi connectivity index (χ2v) is 5.65. The first kappa shape index (κ1) is 18.1. The van der Waals surface area contributed by atoms with Crippen LogP contribution in [0.1, 0.15) is 51.0 Å². The molecule has 1 heterocycles. The minimum atomic E-state index is -0.443. The number of ether oxygens (including phenoxy) is 1. The number of aliphatic hydroxyl groups is 1. The highest BCUT2D eigenvalue weighted by Gasteiger charge is 2.04. The van der Waals surface area contributed by atoms with Crippen molar-refractivity contribution in [2.24, 2.45) is 7.05 Å². The lowest BCUT2D eigenvalue weighted by atomic mass is 10.1. The van der Waals surface area contributed by atoms with Gasteiger partial charge < -0.3 is 15.2 Å². The van der Waals surface area contributed by atoms with Crippen LogP contribution in [0, 0.1) is 0 Å². The third-order valence-corrected chi connectivity index (χ3v) is 3.42. The Balaban J connectivity index is 1.88. The van der Waals surface area contributed by atoms with E-state index in [4.69, 9.17) is 4.74 Å². The summed E-state index contributed by atoms with van der Waals surface area (Å²) in [6.45, 7) is 4.67. The molecule has 1 aromatic heterocycles. The number of hydrogen-bond acceptors (Lipinski definition) is 4. The number of nitrogens with one attached hydrogen (secondary N) is 1. The van der Waals surface area contributed by atoms with E-state index in [0.717, 1.165) is 25.1 Å². The molecule has 1 aromatic rings. The summed E-state index contributed by atoms with van der Waals surface area (Å²) in [6, 6.07) is 0. The number of nitrogens with zero attached hydrogens (tertiary/aromatic N) is 2. The highest BCUT2D eigenvalue weighted by atomic mass is 16.5. The quantitative estimate of drug-likeness (QED) is 0.548. The maximum absolute atomic E-state index is 9.80. The summed E-state index contributed by atoms with van der Waals surface area (Å²) in [5.41, 5.74) is 1.12. The van der Waals surface area contributed by atoms with Gasteiger partial charge in [-0.15, -0.1) is 0 Å². The summed E-state index contributed by atoms with van der Waals surface area (Å²) in [6.07, 6.45) is 10.9. The van der Waals surface area contributed by atoms with Crippen molar-refractivity contribution >= 4 is 0 Å². The molecule has 0 saturated carbocycles. The lowest BCUT2D eigenvalue weighted by Crippen LogP contribution is -2.30. The Kier molecular flexibility index (Phi) is 10.1. The molecule has 21 heavy (non-hydrogen) atoms. The lowest BCUT2D eigenvalue weighted by Gasteiger charge is -2.12. The molecule has 1 unspecified atom stereocenters. The fourth-order valence-corrected chi connectivity index (χ4v) is 2.21. The average Bonchev–Trinajstić information content (AvgIpc) is 2.87. The SMILES string of the molecule is CCCCCCCCOCC(O)CNCc1cnn(C)c1. The molecule has 1 rings (SSSR count). The first-order valence-electron chi connectivity index (χ1n) is 8.16. The van der Waals surface area contributed by atoms with Gasteiger partial charge in [-0.2, -0.15) is 5.10 Å². The van der Waals surface area contributed by atoms with Crippen molar-refractivity contribution in [3.63, 3.8) is 0 Å². The summed E-state index contributed by atoms with van der Waals surface area (Å²) in [5, 5.41) is 17.1. The van der Waals surface area contributed by atoms with Crippen LogP contribution in [-0.2, 0) is 18.3 Å². The molecule has 0 aromatic carbocycles. The van der Waals surface area contributed by atoms with E-state index >= 15 is 0 Å². The van der Waals surface area contributed by atoms with Gasteiger partial charge >= 0.3 is 0 Å². The first-order valence-corrected chi connectivity index (χ1v) is 8.16. The lowest BCUT2D eigenvalue weighted by molar-refractivity contribution is 0.0353. The fraction of sp³-hybridized carbons (Fsp3) is 0.812. The molecule has 0 fully saturated rings. The molecule has 0 amide bonds. The first-order chi connectivity index (χ1) is 10.2. The van der Waals surface area contributed by atoms with Crippen LogP contribution >= 0.6 is 0 Å². The maximum Gasteiger partial charge on any atom is 0.0897 e. The van der Waals surface area contributed by atoms with Gasteiger partial charge in [-0.25, -0.2) is 0 Å². The van der Waals surface area contributed by atoms with Gasteiger partial charge in [-0.05, 0) is 6.42 Å². The van der Waals surface area contributed by atoms with E-state index in [1.165, 1.54) is 32.1 Å². The van der Waals surface area contributed by atoms with Crippen molar-refractivity contribution < 1.29 is 9.84 Å². The summed E-state index contributed by atoms with van der Waals surface area (Å²) in [7, 11) is 1.90. The second-order valence-electron chi connectivity index (χ2n) is 5.65. The third kappa shape index (κ3) is 9.61. The number of rotatable bonds is 13. The summed E-state index contributed by atoms with van der Waals surface area (Å²) >= 11 is 0. The molecule has 0 bridgehead atoms. The summed E-state index contributed by atoms with van der Waals surface area (Å²) < 4.78 is 7.28. The van der Waals surface area contributed by atoms with E-state index in [1.807, 2.05) is 19.4 Å². The van der Waals surface area contributed by atoms with Crippen molar-refractivity contribution in [1.82, 2.24) is 15.1 Å². The molecule has 5 heteroatoms. The zero-order valence-corrected chi connectivity index (χ0v) is 13.6. The van der Waals surface area contributed by atoms with Crippen molar-refractivity contribution in [1.29, 1.82) is 0 Å². The third-order valence-electron chi connectivity index (χ3n) is 3.42. The van der Waals surface area contributed by atoms with Crippen molar-refractivity contribution in [3.05, 3.63) is 18.0 Å². The van der Waals surface area contributed by atoms with Crippen LogP contribution < -0.4 is 5.32 Å². The van der Waals surface area contributed by atoms with Crippen LogP contribution in [0.25, 0.3) is 0 Å². The fourth-order valence-electron chi connectivity index (χ4n) is 2.21. The molecule has 0 spiro atoms. The molecule has 1 atom stereocenters. The minimum Gasteiger partial charge on any atom is -0.389 e. The Bertz CT molecular complexity index is 355. The summed E-state index contributed by atoms with van der Waals surface area (Å²) in [5.74, 6) is 0. The standard InChI is InChI=1S/C16H31N3O2/c1-3-4-5-6-7-8-9-21-14-16(20)12-17-10-15-11-18-19(2)13-15/h11,13,16-17,20H,3-10,12,14H2,1-2H3. The van der Waals surface area contributed by atoms with Crippen molar-refractivity contribution in [3.8, 4) is 0 Å². The van der Waals surface area contributed by atoms with Gasteiger partial charge in [-0.1, -0.05) is 39.0 Å². The van der Waals surface area contributed by atoms with Crippen LogP contribution in [0.2, 0.25) is 0 Å². The molecular formula is C16H31N3O2. The predicted molar refractivity (Wildman–Crippen MR) is 85.1 cm³/mol. The van der Waals surface area contributed by atoms with Gasteiger partial charge in [0.15, 0.2) is 0 Å². The Morgan fingerprint density at radius 1 is 1.29 bits per heavy atom. The number of aryl methyl sites for hydroxylation is 1. The number of hydrogen-bond donors (Lipinski definition) is 2. The van der Waals surface area contributed by atoms with E-state index in [1.54, 1.807) is 4.68 Å². The maximum atomic E-state index is 9.80. The van der Waals surface area contributed by atoms with E-state index in [-0.39, 0.29) is 0 Å². The topological polar surface area (TPSA) is 59.3 Å². The van der Waals surface area contributed by atoms with Crippen LogP contribution in [0.5, 0.6) is 0 Å². The normalized spacial score (nSPS) is 12.7. The van der Waals surface area contributed by atoms with Crippen LogP contribution in [0.4, 0.5) is 0 Å². The molecule has 5 nitrogen and oxygen atoms in total. The Morgan fingerprint density at radius 2 is 2.05 bits per heavy atom. The van der Waals surface area contributed by atoms with E-state index < -0.39 is 6.10 Å². The van der Waals surface area contributed by atoms with Crippen molar-refractivity contribution in [2.75, 3.05) is 19.8 Å². The van der Waals surface area contributed by atoms with Gasteiger partial charge in [-0.3, -0.25) is 4.68 Å². The van der Waals surface area contributed by atoms with Gasteiger partial charge in [0.25, 0.3) is 0 Å².